The molecule has 0 aliphatic carbocycles. The van der Waals surface area contributed by atoms with Crippen LogP contribution in [0.3, 0.4) is 0 Å². The molecule has 0 bridgehead atoms. The Morgan fingerprint density at radius 3 is 2.57 bits per heavy atom. The van der Waals surface area contributed by atoms with E-state index in [0.29, 0.717) is 0 Å². The molecule has 0 aliphatic rings. The average Bonchev–Trinajstić information content (AvgIpc) is 1.61. The van der Waals surface area contributed by atoms with Crippen LogP contribution < -0.4 is 16.6 Å². The molecule has 4 heteroatoms. The molecule has 0 aromatic carbocycles. The number of hydrazine groups is 1. The molecule has 7 heavy (non-hydrogen) atoms. The van der Waals surface area contributed by atoms with Crippen molar-refractivity contribution in [1.29, 1.82) is 0 Å². The fourth-order valence-electron chi connectivity index (χ4n) is 0.122. The lowest BCUT2D eigenvalue weighted by Gasteiger charge is -1.94. The highest BCUT2D eigenvalue weighted by atomic mass is 16.2. The molecule has 0 aliphatic heterocycles. The van der Waals surface area contributed by atoms with E-state index >= 15 is 0 Å². The predicted molar refractivity (Wildman–Crippen MR) is 26.1 cm³/mol. The Kier molecular flexibility index (Phi) is 2.50. The zero-order valence-corrected chi connectivity index (χ0v) is 3.77. The third-order valence-corrected chi connectivity index (χ3v) is 0.297. The van der Waals surface area contributed by atoms with Crippen molar-refractivity contribution >= 4 is 6.03 Å². The maximum Gasteiger partial charge on any atom is 0.330 e. The second-order valence-corrected chi connectivity index (χ2v) is 0.838. The summed E-state index contributed by atoms with van der Waals surface area (Å²) in [5, 5.41) is 0. The number of amides is 2. The number of carbonyl (C=O) groups excluding carboxylic acids is 1. The molecule has 0 saturated carbocycles. The number of carbonyl (C=O) groups is 1. The molecule has 2 amide bonds. The van der Waals surface area contributed by atoms with E-state index in [0.717, 1.165) is 0 Å². The van der Waals surface area contributed by atoms with E-state index in [1.165, 1.54) is 6.20 Å². The van der Waals surface area contributed by atoms with Gasteiger partial charge in [0.25, 0.3) is 0 Å². The first kappa shape index (κ1) is 5.81. The van der Waals surface area contributed by atoms with Crippen LogP contribution in [0.5, 0.6) is 0 Å². The summed E-state index contributed by atoms with van der Waals surface area (Å²) < 4.78 is 0. The zero-order chi connectivity index (χ0) is 5.70. The largest absolute Gasteiger partial charge is 0.350 e. The van der Waals surface area contributed by atoms with Crippen molar-refractivity contribution in [1.82, 2.24) is 10.9 Å². The van der Waals surface area contributed by atoms with Crippen LogP contribution in [0.1, 0.15) is 0 Å². The summed E-state index contributed by atoms with van der Waals surface area (Å²) in [6.45, 7) is 3.25. The number of nitrogens with one attached hydrogen (secondary N) is 2. The number of hydrogen-bond donors (Lipinski definition) is 3. The van der Waals surface area contributed by atoms with Crippen LogP contribution in [0.25, 0.3) is 0 Å². The monoisotopic (exact) mass is 101 g/mol. The molecule has 0 radical (unpaired) electrons. The standard InChI is InChI=1S/C3H7N3O/c1-2-5-6-3(4)7/h2,5H,1H2,(H3,4,6,7). The average molecular weight is 101 g/mol. The molecule has 40 valence electrons. The van der Waals surface area contributed by atoms with E-state index < -0.39 is 6.03 Å². The number of urea groups is 1. The molecule has 0 fully saturated rings. The molecular formula is C3H7N3O. The minimum Gasteiger partial charge on any atom is -0.350 e. The van der Waals surface area contributed by atoms with Gasteiger partial charge in [0.15, 0.2) is 0 Å². The Balaban J connectivity index is 2.97. The van der Waals surface area contributed by atoms with Crippen LogP contribution in [0.15, 0.2) is 12.8 Å². The Morgan fingerprint density at radius 1 is 1.86 bits per heavy atom. The summed E-state index contributed by atoms with van der Waals surface area (Å²) in [5.74, 6) is 0. The van der Waals surface area contributed by atoms with Crippen molar-refractivity contribution in [3.63, 3.8) is 0 Å². The molecule has 0 aromatic rings. The third-order valence-electron chi connectivity index (χ3n) is 0.297. The smallest absolute Gasteiger partial charge is 0.330 e. The van der Waals surface area contributed by atoms with Gasteiger partial charge in [0.2, 0.25) is 0 Å². The first-order valence-electron chi connectivity index (χ1n) is 1.69. The predicted octanol–water partition coefficient (Wildman–Crippen LogP) is -0.697. The summed E-state index contributed by atoms with van der Waals surface area (Å²) in [4.78, 5) is 9.76. The molecule has 0 saturated heterocycles. The van der Waals surface area contributed by atoms with Gasteiger partial charge in [-0.05, 0) is 0 Å². The normalized spacial score (nSPS) is 6.86. The Labute approximate surface area is 41.4 Å². The van der Waals surface area contributed by atoms with Gasteiger partial charge < -0.3 is 11.2 Å². The second kappa shape index (κ2) is 3.02. The van der Waals surface area contributed by atoms with Gasteiger partial charge in [0, 0.05) is 6.20 Å². The quantitative estimate of drug-likeness (QED) is 0.403. The lowest BCUT2D eigenvalue weighted by atomic mass is 11.0. The van der Waals surface area contributed by atoms with E-state index in [-0.39, 0.29) is 0 Å². The van der Waals surface area contributed by atoms with Crippen molar-refractivity contribution in [2.45, 2.75) is 0 Å². The van der Waals surface area contributed by atoms with E-state index in [1.54, 1.807) is 0 Å². The van der Waals surface area contributed by atoms with Crippen molar-refractivity contribution in [3.05, 3.63) is 12.8 Å². The fraction of sp³-hybridized carbons (Fsp3) is 0. The Bertz CT molecular complexity index is 80.2. The number of hydrogen-bond acceptors (Lipinski definition) is 2. The van der Waals surface area contributed by atoms with Crippen LogP contribution in [-0.4, -0.2) is 6.03 Å². The highest BCUT2D eigenvalue weighted by Crippen LogP contribution is 1.46. The molecule has 0 atom stereocenters. The van der Waals surface area contributed by atoms with Crippen molar-refractivity contribution < 1.29 is 4.79 Å². The molecular weight excluding hydrogens is 94.1 g/mol. The minimum absolute atomic E-state index is 0.625. The van der Waals surface area contributed by atoms with Crippen molar-refractivity contribution in [2.24, 2.45) is 5.73 Å². The summed E-state index contributed by atoms with van der Waals surface area (Å²) in [6.07, 6.45) is 1.31. The summed E-state index contributed by atoms with van der Waals surface area (Å²) in [6, 6.07) is -0.625. The maximum absolute atomic E-state index is 9.76. The van der Waals surface area contributed by atoms with E-state index in [2.05, 4.69) is 23.2 Å². The molecule has 0 rings (SSSR count). The van der Waals surface area contributed by atoms with Crippen LogP contribution in [0.2, 0.25) is 0 Å². The number of primary amides is 1. The lowest BCUT2D eigenvalue weighted by molar-refractivity contribution is 0.246. The SMILES string of the molecule is C=CNNC(N)=O. The minimum atomic E-state index is -0.625. The van der Waals surface area contributed by atoms with Gasteiger partial charge in [-0.1, -0.05) is 6.58 Å². The van der Waals surface area contributed by atoms with E-state index in [9.17, 15) is 4.79 Å². The lowest BCUT2D eigenvalue weighted by Crippen LogP contribution is -2.37. The van der Waals surface area contributed by atoms with Gasteiger partial charge in [-0.25, -0.2) is 4.79 Å². The van der Waals surface area contributed by atoms with Crippen LogP contribution in [-0.2, 0) is 0 Å². The second-order valence-electron chi connectivity index (χ2n) is 0.838. The zero-order valence-electron chi connectivity index (χ0n) is 3.77. The first-order chi connectivity index (χ1) is 3.27. The highest BCUT2D eigenvalue weighted by molar-refractivity contribution is 5.70. The molecule has 0 aromatic heterocycles. The van der Waals surface area contributed by atoms with Gasteiger partial charge in [0.05, 0.1) is 0 Å². The van der Waals surface area contributed by atoms with Crippen molar-refractivity contribution in [2.75, 3.05) is 0 Å². The van der Waals surface area contributed by atoms with E-state index in [4.69, 9.17) is 0 Å². The summed E-state index contributed by atoms with van der Waals surface area (Å²) in [5.41, 5.74) is 8.97. The fourth-order valence-corrected chi connectivity index (χ4v) is 0.122. The van der Waals surface area contributed by atoms with Gasteiger partial charge in [-0.2, -0.15) is 0 Å². The summed E-state index contributed by atoms with van der Waals surface area (Å²) in [7, 11) is 0. The molecule has 4 N–H and O–H groups in total. The number of rotatable bonds is 2. The maximum atomic E-state index is 9.76. The first-order valence-corrected chi connectivity index (χ1v) is 1.69. The van der Waals surface area contributed by atoms with Gasteiger partial charge in [0.1, 0.15) is 0 Å². The number of nitrogens with two attached hydrogens (primary N) is 1. The molecule has 4 nitrogen and oxygen atoms in total. The van der Waals surface area contributed by atoms with Gasteiger partial charge in [-0.15, -0.1) is 0 Å². The third kappa shape index (κ3) is 4.81. The van der Waals surface area contributed by atoms with Gasteiger partial charge in [-0.3, -0.25) is 5.43 Å². The molecule has 0 unspecified atom stereocenters. The Morgan fingerprint density at radius 2 is 2.43 bits per heavy atom. The van der Waals surface area contributed by atoms with Crippen LogP contribution in [0, 0.1) is 0 Å². The van der Waals surface area contributed by atoms with Gasteiger partial charge >= 0.3 is 6.03 Å². The topological polar surface area (TPSA) is 67.2 Å². The van der Waals surface area contributed by atoms with Crippen LogP contribution >= 0.6 is 0 Å². The molecule has 0 spiro atoms. The van der Waals surface area contributed by atoms with Crippen LogP contribution in [0.4, 0.5) is 4.79 Å². The Hall–Kier alpha value is -1.19. The summed E-state index contributed by atoms with van der Waals surface area (Å²) >= 11 is 0. The van der Waals surface area contributed by atoms with E-state index in [1.807, 2.05) is 0 Å². The molecule has 0 heterocycles. The van der Waals surface area contributed by atoms with Crippen molar-refractivity contribution in [3.8, 4) is 0 Å². The highest BCUT2D eigenvalue weighted by Gasteiger charge is 1.79.